The lowest BCUT2D eigenvalue weighted by Crippen LogP contribution is -2.42. The molecule has 206 valence electrons. The minimum atomic E-state index is -4.01. The molecule has 0 unspecified atom stereocenters. The molecule has 10 nitrogen and oxygen atoms in total. The molecule has 1 fully saturated rings. The lowest BCUT2D eigenvalue weighted by Gasteiger charge is -2.23. The Morgan fingerprint density at radius 3 is 2.58 bits per heavy atom. The normalized spacial score (nSPS) is 15.2. The average Bonchev–Trinajstić information content (AvgIpc) is 2.95. The number of piperidine rings is 1. The Kier molecular flexibility index (Phi) is 7.82. The average molecular weight is 567 g/mol. The van der Waals surface area contributed by atoms with Crippen LogP contribution >= 0.6 is 0 Å². The van der Waals surface area contributed by atoms with E-state index in [4.69, 9.17) is 4.74 Å². The van der Waals surface area contributed by atoms with Gasteiger partial charge in [-0.2, -0.15) is 4.39 Å². The van der Waals surface area contributed by atoms with Crippen LogP contribution in [0.1, 0.15) is 18.4 Å². The molecule has 2 aromatic heterocycles. The Morgan fingerprint density at radius 1 is 0.975 bits per heavy atom. The predicted octanol–water partition coefficient (Wildman–Crippen LogP) is 4.24. The molecule has 1 aliphatic rings. The number of hydrogen-bond donors (Lipinski definition) is 3. The number of rotatable bonds is 9. The van der Waals surface area contributed by atoms with E-state index in [1.165, 1.54) is 12.4 Å². The number of carbonyl (C=O) groups excluding carboxylic acids is 1. The minimum absolute atomic E-state index is 0.00818. The summed E-state index contributed by atoms with van der Waals surface area (Å²) in [7, 11) is -4.01. The van der Waals surface area contributed by atoms with E-state index >= 15 is 4.39 Å². The summed E-state index contributed by atoms with van der Waals surface area (Å²) in [6.45, 7) is 0.441. The van der Waals surface area contributed by atoms with Gasteiger partial charge < -0.3 is 15.4 Å². The number of benzene rings is 2. The molecule has 0 radical (unpaired) electrons. The fourth-order valence-corrected chi connectivity index (χ4v) is 5.27. The largest absolute Gasteiger partial charge is 0.435 e. The zero-order valence-electron chi connectivity index (χ0n) is 21.0. The predicted molar refractivity (Wildman–Crippen MR) is 144 cm³/mol. The van der Waals surface area contributed by atoms with E-state index in [2.05, 4.69) is 30.3 Å². The highest BCUT2D eigenvalue weighted by Gasteiger charge is 2.22. The number of halogens is 2. The molecule has 4 aromatic rings. The van der Waals surface area contributed by atoms with Gasteiger partial charge in [-0.3, -0.25) is 9.52 Å². The molecule has 3 N–H and O–H groups in total. The van der Waals surface area contributed by atoms with Crippen molar-refractivity contribution >= 4 is 27.6 Å². The van der Waals surface area contributed by atoms with Crippen LogP contribution in [0.2, 0.25) is 0 Å². The van der Waals surface area contributed by atoms with Crippen molar-refractivity contribution in [2.24, 2.45) is 0 Å². The van der Waals surface area contributed by atoms with Crippen LogP contribution in [0.3, 0.4) is 0 Å². The number of carbonyl (C=O) groups is 1. The molecule has 0 bridgehead atoms. The van der Waals surface area contributed by atoms with Gasteiger partial charge in [0.1, 0.15) is 0 Å². The number of pyridine rings is 1. The summed E-state index contributed by atoms with van der Waals surface area (Å²) in [5, 5.41) is 5.95. The van der Waals surface area contributed by atoms with E-state index in [1.807, 2.05) is 0 Å². The van der Waals surface area contributed by atoms with Crippen LogP contribution in [0.15, 0.2) is 73.1 Å². The summed E-state index contributed by atoms with van der Waals surface area (Å²) >= 11 is 0. The molecule has 1 amide bonds. The van der Waals surface area contributed by atoms with Crippen LogP contribution in [0.25, 0.3) is 11.3 Å². The maximum atomic E-state index is 15.0. The van der Waals surface area contributed by atoms with E-state index < -0.39 is 38.8 Å². The first kappa shape index (κ1) is 26.9. The number of sulfonamides is 1. The summed E-state index contributed by atoms with van der Waals surface area (Å²) in [6, 6.07) is 15.4. The molecule has 1 saturated heterocycles. The van der Waals surface area contributed by atoms with E-state index in [-0.39, 0.29) is 17.8 Å². The van der Waals surface area contributed by atoms with Gasteiger partial charge in [0.05, 0.1) is 22.7 Å². The molecule has 0 spiro atoms. The molecular weight excluding hydrogens is 542 g/mol. The molecule has 2 aromatic carbocycles. The number of nitrogens with zero attached hydrogens (tertiary/aromatic N) is 3. The second kappa shape index (κ2) is 11.6. The summed E-state index contributed by atoms with van der Waals surface area (Å²) in [5.74, 6) is -3.44. The Hall–Kier alpha value is -4.65. The highest BCUT2D eigenvalue weighted by Crippen LogP contribution is 2.34. The van der Waals surface area contributed by atoms with Crippen LogP contribution < -0.4 is 20.1 Å². The number of anilines is 2. The number of ether oxygens (including phenoxy) is 1. The van der Waals surface area contributed by atoms with Crippen LogP contribution in [0.4, 0.5) is 20.4 Å². The maximum Gasteiger partial charge on any atom is 0.237 e. The summed E-state index contributed by atoms with van der Waals surface area (Å²) < 4.78 is 62.6. The van der Waals surface area contributed by atoms with Crippen molar-refractivity contribution in [2.75, 3.05) is 16.6 Å². The molecule has 1 atom stereocenters. The quantitative estimate of drug-likeness (QED) is 0.274. The van der Waals surface area contributed by atoms with E-state index in [9.17, 15) is 17.6 Å². The Morgan fingerprint density at radius 2 is 1.80 bits per heavy atom. The third-order valence-electron chi connectivity index (χ3n) is 6.02. The van der Waals surface area contributed by atoms with Crippen molar-refractivity contribution < 1.29 is 26.7 Å². The van der Waals surface area contributed by atoms with Gasteiger partial charge in [0.15, 0.2) is 11.6 Å². The molecule has 13 heteroatoms. The SMILES string of the molecule is O=C1CC[C@H](Nc2nccc(-c3cccnc3Oc3ccc(NS(=O)(=O)Cc4ccccc4)c(F)c3F)n2)CN1. The summed E-state index contributed by atoms with van der Waals surface area (Å²) in [4.78, 5) is 24.3. The highest BCUT2D eigenvalue weighted by atomic mass is 32.2. The lowest BCUT2D eigenvalue weighted by atomic mass is 10.1. The van der Waals surface area contributed by atoms with Crippen LogP contribution in [0, 0.1) is 11.6 Å². The number of nitrogens with one attached hydrogen (secondary N) is 3. The third-order valence-corrected chi connectivity index (χ3v) is 7.26. The maximum absolute atomic E-state index is 15.0. The molecular formula is C27H24F2N6O4S. The van der Waals surface area contributed by atoms with Crippen LogP contribution in [0.5, 0.6) is 11.6 Å². The first-order chi connectivity index (χ1) is 19.3. The van der Waals surface area contributed by atoms with Gasteiger partial charge >= 0.3 is 0 Å². The molecule has 40 heavy (non-hydrogen) atoms. The molecule has 5 rings (SSSR count). The standard InChI is InChI=1S/C27H24F2N6O4S/c28-24-21(35-40(37,38)16-17-5-2-1-3-6-17)9-10-22(25(24)29)39-26-19(7-4-13-30-26)20-12-14-31-27(34-20)33-18-8-11-23(36)32-15-18/h1-7,9-10,12-14,18,35H,8,11,15-16H2,(H,32,36)(H,31,33,34)/t18-/m0/s1. The monoisotopic (exact) mass is 566 g/mol. The first-order valence-electron chi connectivity index (χ1n) is 12.3. The van der Waals surface area contributed by atoms with E-state index in [0.717, 1.165) is 12.1 Å². The fraction of sp³-hybridized carbons (Fsp3) is 0.185. The van der Waals surface area contributed by atoms with Crippen molar-refractivity contribution in [3.63, 3.8) is 0 Å². The third kappa shape index (κ3) is 6.49. The van der Waals surface area contributed by atoms with Gasteiger partial charge in [-0.1, -0.05) is 30.3 Å². The fourth-order valence-electron chi connectivity index (χ4n) is 4.07. The smallest absolute Gasteiger partial charge is 0.237 e. The zero-order chi connectivity index (χ0) is 28.1. The van der Waals surface area contributed by atoms with Gasteiger partial charge in [-0.15, -0.1) is 0 Å². The van der Waals surface area contributed by atoms with Crippen molar-refractivity contribution in [1.82, 2.24) is 20.3 Å². The Labute approximate surface area is 228 Å². The van der Waals surface area contributed by atoms with Crippen molar-refractivity contribution in [3.8, 4) is 22.9 Å². The van der Waals surface area contributed by atoms with E-state index in [1.54, 1.807) is 48.5 Å². The van der Waals surface area contributed by atoms with E-state index in [0.29, 0.717) is 42.2 Å². The summed E-state index contributed by atoms with van der Waals surface area (Å²) in [6.07, 6.45) is 3.97. The van der Waals surface area contributed by atoms with Gasteiger partial charge in [-0.25, -0.2) is 27.8 Å². The Balaban J connectivity index is 1.34. The minimum Gasteiger partial charge on any atom is -0.435 e. The van der Waals surface area contributed by atoms with Crippen molar-refractivity contribution in [1.29, 1.82) is 0 Å². The van der Waals surface area contributed by atoms with Gasteiger partial charge in [-0.05, 0) is 42.3 Å². The first-order valence-corrected chi connectivity index (χ1v) is 13.9. The van der Waals surface area contributed by atoms with Gasteiger partial charge in [0.2, 0.25) is 33.6 Å². The number of hydrogen-bond acceptors (Lipinski definition) is 8. The van der Waals surface area contributed by atoms with Crippen LogP contribution in [-0.4, -0.2) is 41.9 Å². The molecule has 3 heterocycles. The van der Waals surface area contributed by atoms with Crippen molar-refractivity contribution in [3.05, 3.63) is 90.3 Å². The highest BCUT2D eigenvalue weighted by molar-refractivity contribution is 7.91. The lowest BCUT2D eigenvalue weighted by molar-refractivity contribution is -0.122. The van der Waals surface area contributed by atoms with Gasteiger partial charge in [0.25, 0.3) is 0 Å². The molecule has 0 saturated carbocycles. The van der Waals surface area contributed by atoms with Crippen molar-refractivity contribution in [2.45, 2.75) is 24.6 Å². The second-order valence-corrected chi connectivity index (χ2v) is 10.7. The Bertz CT molecular complexity index is 1630. The number of aromatic nitrogens is 3. The number of amides is 1. The topological polar surface area (TPSA) is 135 Å². The van der Waals surface area contributed by atoms with Crippen LogP contribution in [-0.2, 0) is 20.6 Å². The second-order valence-electron chi connectivity index (χ2n) is 8.99. The zero-order valence-corrected chi connectivity index (χ0v) is 21.8. The van der Waals surface area contributed by atoms with Gasteiger partial charge in [0, 0.05) is 31.4 Å². The molecule has 1 aliphatic heterocycles. The summed E-state index contributed by atoms with van der Waals surface area (Å²) in [5.41, 5.74) is 0.739. The molecule has 0 aliphatic carbocycles.